The predicted molar refractivity (Wildman–Crippen MR) is 219 cm³/mol. The van der Waals surface area contributed by atoms with Gasteiger partial charge in [-0.2, -0.15) is 15.6 Å². The monoisotopic (exact) mass is 812 g/mol. The van der Waals surface area contributed by atoms with Gasteiger partial charge in [-0.25, -0.2) is 14.1 Å². The van der Waals surface area contributed by atoms with Crippen LogP contribution in [0, 0.1) is 22.7 Å². The van der Waals surface area contributed by atoms with E-state index in [1.807, 2.05) is 6.07 Å². The first-order valence-electron chi connectivity index (χ1n) is 20.6. The summed E-state index contributed by atoms with van der Waals surface area (Å²) in [6, 6.07) is 12.9. The summed E-state index contributed by atoms with van der Waals surface area (Å²) < 4.78 is 48.1. The number of methoxy groups -OCH3 is 2. The van der Waals surface area contributed by atoms with Crippen molar-refractivity contribution in [1.82, 2.24) is 14.6 Å². The van der Waals surface area contributed by atoms with Gasteiger partial charge in [0.1, 0.15) is 42.4 Å². The number of ether oxygens (including phenoxy) is 4. The van der Waals surface area contributed by atoms with Crippen molar-refractivity contribution >= 4 is 19.2 Å². The van der Waals surface area contributed by atoms with E-state index in [0.717, 1.165) is 25.0 Å². The Kier molecular flexibility index (Phi) is 22.8. The Balaban J connectivity index is 1.42. The number of phosphoric acid groups is 1. The number of nitrogens with two attached hydrogens (primary N) is 1. The number of benzene rings is 1. The second-order valence-corrected chi connectivity index (χ2v) is 16.0. The van der Waals surface area contributed by atoms with Crippen LogP contribution in [0.2, 0.25) is 0 Å². The molecule has 0 aliphatic rings. The molecule has 0 saturated carbocycles. The quantitative estimate of drug-likeness (QED) is 0.0437. The first-order chi connectivity index (χ1) is 27.7. The highest BCUT2D eigenvalue weighted by Gasteiger charge is 2.35. The van der Waals surface area contributed by atoms with Crippen LogP contribution in [0.1, 0.15) is 133 Å². The number of nitrogen functional groups attached to an aromatic ring is 1. The summed E-state index contributed by atoms with van der Waals surface area (Å²) in [6.07, 6.45) is 21.6. The van der Waals surface area contributed by atoms with E-state index in [9.17, 15) is 20.0 Å². The Bertz CT molecular complexity index is 1710. The lowest BCUT2D eigenvalue weighted by atomic mass is 9.99. The summed E-state index contributed by atoms with van der Waals surface area (Å²) >= 11 is 0. The van der Waals surface area contributed by atoms with Crippen LogP contribution >= 0.6 is 7.82 Å². The third-order valence-corrected chi connectivity index (χ3v) is 11.1. The lowest BCUT2D eigenvalue weighted by Gasteiger charge is -2.26. The number of aryl methyl sites for hydroxylation is 1. The van der Waals surface area contributed by atoms with E-state index in [-0.39, 0.29) is 26.2 Å². The second-order valence-electron chi connectivity index (χ2n) is 14.6. The summed E-state index contributed by atoms with van der Waals surface area (Å²) in [6.45, 7) is 2.13. The minimum Gasteiger partial charge on any atom is -0.495 e. The van der Waals surface area contributed by atoms with Crippen molar-refractivity contribution < 1.29 is 37.5 Å². The molecule has 15 heteroatoms. The number of aromatic nitrogens is 3. The minimum absolute atomic E-state index is 0.0951. The molecule has 0 aliphatic heterocycles. The highest BCUT2D eigenvalue weighted by molar-refractivity contribution is 7.47. The summed E-state index contributed by atoms with van der Waals surface area (Å²) in [5.74, 6) is 0.770. The highest BCUT2D eigenvalue weighted by atomic mass is 31.2. The lowest BCUT2D eigenvalue weighted by molar-refractivity contribution is -0.0554. The van der Waals surface area contributed by atoms with E-state index in [0.29, 0.717) is 41.2 Å². The van der Waals surface area contributed by atoms with Crippen molar-refractivity contribution in [3.05, 3.63) is 53.5 Å². The third kappa shape index (κ3) is 17.8. The zero-order valence-corrected chi connectivity index (χ0v) is 35.3. The highest BCUT2D eigenvalue weighted by Crippen LogP contribution is 2.44. The number of nitriles is 2. The standard InChI is InChI=1S/C42H65N6O8P/c1-4-5-6-7-8-9-10-11-12-13-14-15-16-17-18-19-26-53-30-38(54-29-35-20-23-40(51-2)36(27-35)28-43)31-55-57(49,50)56-33-42(32-44,52-3)25-24-37-21-22-39-41(45)46-34-47-48(37)39/h20-23,27,34,38H,4-19,24-26,29-31,33H2,1-3H3,(H,49,50)(H2,45,46,47). The molecule has 0 saturated heterocycles. The Morgan fingerprint density at radius 2 is 1.54 bits per heavy atom. The summed E-state index contributed by atoms with van der Waals surface area (Å²) in [4.78, 5) is 14.6. The molecule has 3 N–H and O–H groups in total. The van der Waals surface area contributed by atoms with Gasteiger partial charge in [-0.1, -0.05) is 109 Å². The molecule has 0 fully saturated rings. The van der Waals surface area contributed by atoms with Gasteiger partial charge in [0.05, 0.1) is 32.5 Å². The number of phosphoric ester groups is 1. The Morgan fingerprint density at radius 3 is 2.14 bits per heavy atom. The van der Waals surface area contributed by atoms with Crippen molar-refractivity contribution in [3.8, 4) is 17.9 Å². The minimum atomic E-state index is -4.66. The van der Waals surface area contributed by atoms with Gasteiger partial charge < -0.3 is 29.6 Å². The van der Waals surface area contributed by atoms with Gasteiger partial charge in [0, 0.05) is 19.4 Å². The molecule has 1 aromatic carbocycles. The van der Waals surface area contributed by atoms with Crippen molar-refractivity contribution in [2.24, 2.45) is 0 Å². The van der Waals surface area contributed by atoms with Gasteiger partial charge in [-0.05, 0) is 49.1 Å². The van der Waals surface area contributed by atoms with E-state index in [1.165, 1.54) is 104 Å². The summed E-state index contributed by atoms with van der Waals surface area (Å²) in [5, 5.41) is 23.7. The van der Waals surface area contributed by atoms with Gasteiger partial charge in [0.15, 0.2) is 11.4 Å². The van der Waals surface area contributed by atoms with Crippen LogP contribution in [0.4, 0.5) is 5.82 Å². The molecule has 57 heavy (non-hydrogen) atoms. The first-order valence-corrected chi connectivity index (χ1v) is 22.1. The molecule has 2 heterocycles. The Labute approximate surface area is 339 Å². The number of rotatable bonds is 33. The Morgan fingerprint density at radius 1 is 0.895 bits per heavy atom. The van der Waals surface area contributed by atoms with Gasteiger partial charge >= 0.3 is 7.82 Å². The maximum absolute atomic E-state index is 13.1. The fourth-order valence-corrected chi connectivity index (χ4v) is 7.35. The normalized spacial score (nSPS) is 14.1. The van der Waals surface area contributed by atoms with Gasteiger partial charge in [0.25, 0.3) is 0 Å². The summed E-state index contributed by atoms with van der Waals surface area (Å²) in [5.41, 5.74) is 6.83. The van der Waals surface area contributed by atoms with Crippen molar-refractivity contribution in [3.63, 3.8) is 0 Å². The molecular formula is C42H65N6O8P. The molecule has 0 radical (unpaired) electrons. The largest absolute Gasteiger partial charge is 0.495 e. The van der Waals surface area contributed by atoms with E-state index in [1.54, 1.807) is 28.8 Å². The number of nitrogens with zero attached hydrogens (tertiary/aromatic N) is 5. The van der Waals surface area contributed by atoms with E-state index < -0.39 is 26.1 Å². The van der Waals surface area contributed by atoms with Crippen LogP contribution in [-0.2, 0) is 40.9 Å². The first kappa shape index (κ1) is 47.8. The van der Waals surface area contributed by atoms with Gasteiger partial charge in [-0.3, -0.25) is 9.05 Å². The maximum atomic E-state index is 13.1. The van der Waals surface area contributed by atoms with Crippen molar-refractivity contribution in [2.45, 2.75) is 141 Å². The Hall–Kier alpha value is -3.59. The maximum Gasteiger partial charge on any atom is 0.472 e. The van der Waals surface area contributed by atoms with E-state index >= 15 is 0 Å². The molecule has 0 aliphatic carbocycles. The molecule has 3 rings (SSSR count). The molecule has 0 bridgehead atoms. The van der Waals surface area contributed by atoms with Gasteiger partial charge in [0.2, 0.25) is 0 Å². The number of hydrogen-bond donors (Lipinski definition) is 2. The molecule has 2 aromatic heterocycles. The van der Waals surface area contributed by atoms with Crippen LogP contribution < -0.4 is 10.5 Å². The van der Waals surface area contributed by atoms with Crippen molar-refractivity contribution in [2.75, 3.05) is 46.4 Å². The molecule has 3 unspecified atom stereocenters. The number of hydrogen-bond acceptors (Lipinski definition) is 12. The average molecular weight is 813 g/mol. The molecule has 14 nitrogen and oxygen atoms in total. The molecule has 316 valence electrons. The van der Waals surface area contributed by atoms with E-state index in [2.05, 4.69) is 29.1 Å². The van der Waals surface area contributed by atoms with Crippen LogP contribution in [0.15, 0.2) is 36.7 Å². The number of unbranched alkanes of at least 4 members (excludes halogenated alkanes) is 15. The topological polar surface area (TPSA) is 196 Å². The summed E-state index contributed by atoms with van der Waals surface area (Å²) in [7, 11) is -1.83. The molecular weight excluding hydrogens is 747 g/mol. The molecule has 3 atom stereocenters. The van der Waals surface area contributed by atoms with Crippen LogP contribution in [0.5, 0.6) is 5.75 Å². The average Bonchev–Trinajstić information content (AvgIpc) is 3.65. The van der Waals surface area contributed by atoms with E-state index in [4.69, 9.17) is 33.7 Å². The van der Waals surface area contributed by atoms with Gasteiger partial charge in [-0.15, -0.1) is 0 Å². The van der Waals surface area contributed by atoms with Crippen LogP contribution in [0.25, 0.3) is 5.52 Å². The molecule has 3 aromatic rings. The molecule has 0 amide bonds. The zero-order chi connectivity index (χ0) is 41.2. The molecule has 0 spiro atoms. The van der Waals surface area contributed by atoms with Crippen LogP contribution in [0.3, 0.4) is 0 Å². The number of fused-ring (bicyclic) bond motifs is 1. The fraction of sp³-hybridized carbons (Fsp3) is 0.667. The van der Waals surface area contributed by atoms with Crippen molar-refractivity contribution in [1.29, 1.82) is 10.5 Å². The van der Waals surface area contributed by atoms with Crippen LogP contribution in [-0.4, -0.2) is 71.8 Å². The zero-order valence-electron chi connectivity index (χ0n) is 34.4. The second kappa shape index (κ2) is 27.2. The predicted octanol–water partition coefficient (Wildman–Crippen LogP) is 9.03. The third-order valence-electron chi connectivity index (χ3n) is 10.1. The fourth-order valence-electron chi connectivity index (χ4n) is 6.55. The lowest BCUT2D eigenvalue weighted by Crippen LogP contribution is -2.36. The SMILES string of the molecule is CCCCCCCCCCCCCCCCCCOCC(COP(=O)(O)OCC(C#N)(CCc1ccc2c(N)ncnn12)OC)OCc1ccc(OC)c(C#N)c1. The number of anilines is 1. The smallest absolute Gasteiger partial charge is 0.472 e.